The van der Waals surface area contributed by atoms with E-state index in [0.717, 1.165) is 32.1 Å². The van der Waals surface area contributed by atoms with Gasteiger partial charge in [0.2, 0.25) is 0 Å². The molecule has 33 heavy (non-hydrogen) atoms. The molecule has 1 aliphatic rings. The lowest BCUT2D eigenvalue weighted by atomic mass is 9.78. The minimum Gasteiger partial charge on any atom is -0.399 e. The van der Waals surface area contributed by atoms with Gasteiger partial charge < -0.3 is 13.9 Å². The van der Waals surface area contributed by atoms with Gasteiger partial charge in [-0.15, -0.1) is 0 Å². The van der Waals surface area contributed by atoms with Crippen molar-refractivity contribution in [1.82, 2.24) is 0 Å². The lowest BCUT2D eigenvalue weighted by Gasteiger charge is -2.32. The molecule has 0 N–H and O–H groups in total. The molecular weight excluding hydrogens is 426 g/mol. The van der Waals surface area contributed by atoms with Gasteiger partial charge >= 0.3 is 7.12 Å². The van der Waals surface area contributed by atoms with Crippen LogP contribution in [-0.4, -0.2) is 18.3 Å². The van der Waals surface area contributed by atoms with Crippen LogP contribution in [0.3, 0.4) is 0 Å². The molecule has 1 heterocycles. The second-order valence-corrected chi connectivity index (χ2v) is 12.4. The summed E-state index contributed by atoms with van der Waals surface area (Å²) in [5, 5.41) is 4.61. The molecule has 0 spiro atoms. The smallest absolute Gasteiger partial charge is 0.399 e. The summed E-state index contributed by atoms with van der Waals surface area (Å²) in [6.45, 7) is 8.24. The second kappa shape index (κ2) is 7.99. The van der Waals surface area contributed by atoms with E-state index in [1.165, 1.54) is 0 Å². The molecule has 5 rings (SSSR count). The largest absolute Gasteiger partial charge is 0.494 e. The van der Waals surface area contributed by atoms with E-state index in [9.17, 15) is 4.57 Å². The fraction of sp³-hybridized carbons (Fsp3) is 0.214. The minimum atomic E-state index is -3.00. The first kappa shape index (κ1) is 22.2. The van der Waals surface area contributed by atoms with Crippen LogP contribution in [0.1, 0.15) is 27.7 Å². The van der Waals surface area contributed by atoms with E-state index in [4.69, 9.17) is 9.31 Å². The lowest BCUT2D eigenvalue weighted by molar-refractivity contribution is 0.00578. The summed E-state index contributed by atoms with van der Waals surface area (Å²) in [5.74, 6) is 0. The molecular formula is C28H28BO3P. The minimum absolute atomic E-state index is 0.380. The SMILES string of the molecule is CC1(C)OB(c2ccc3cc(P(=O)(c4ccccc4)c4ccccc4)ccc3c2)OC1(C)C. The molecule has 0 aliphatic carbocycles. The Kier molecular flexibility index (Phi) is 5.36. The summed E-state index contributed by atoms with van der Waals surface area (Å²) in [5.41, 5.74) is 0.228. The molecule has 166 valence electrons. The van der Waals surface area contributed by atoms with Gasteiger partial charge in [-0.25, -0.2) is 0 Å². The third-order valence-corrected chi connectivity index (χ3v) is 10.0. The van der Waals surface area contributed by atoms with Crippen LogP contribution in [-0.2, 0) is 13.9 Å². The number of fused-ring (bicyclic) bond motifs is 1. The Morgan fingerprint density at radius 2 is 1.09 bits per heavy atom. The molecule has 0 bridgehead atoms. The van der Waals surface area contributed by atoms with Gasteiger partial charge in [0.25, 0.3) is 0 Å². The van der Waals surface area contributed by atoms with Crippen LogP contribution < -0.4 is 21.4 Å². The van der Waals surface area contributed by atoms with Gasteiger partial charge in [0.1, 0.15) is 0 Å². The average molecular weight is 454 g/mol. The van der Waals surface area contributed by atoms with Crippen molar-refractivity contribution >= 4 is 46.4 Å². The second-order valence-electron chi connectivity index (χ2n) is 9.66. The maximum atomic E-state index is 14.6. The zero-order valence-electron chi connectivity index (χ0n) is 19.5. The van der Waals surface area contributed by atoms with E-state index < -0.39 is 14.3 Å². The summed E-state index contributed by atoms with van der Waals surface area (Å²) < 4.78 is 27.1. The molecule has 0 saturated carbocycles. The van der Waals surface area contributed by atoms with Gasteiger partial charge in [0.15, 0.2) is 7.14 Å². The monoisotopic (exact) mass is 454 g/mol. The Hall–Kier alpha value is -2.65. The zero-order chi connectivity index (χ0) is 23.3. The molecule has 0 aromatic heterocycles. The van der Waals surface area contributed by atoms with Gasteiger partial charge in [-0.3, -0.25) is 0 Å². The van der Waals surface area contributed by atoms with E-state index in [2.05, 4.69) is 52.0 Å². The maximum Gasteiger partial charge on any atom is 0.494 e. The van der Waals surface area contributed by atoms with Crippen LogP contribution in [0, 0.1) is 0 Å². The molecule has 3 nitrogen and oxygen atoms in total. The highest BCUT2D eigenvalue weighted by atomic mass is 31.2. The molecule has 5 heteroatoms. The lowest BCUT2D eigenvalue weighted by Crippen LogP contribution is -2.41. The van der Waals surface area contributed by atoms with Crippen LogP contribution in [0.5, 0.6) is 0 Å². The van der Waals surface area contributed by atoms with Crippen molar-refractivity contribution in [2.75, 3.05) is 0 Å². The highest BCUT2D eigenvalue weighted by molar-refractivity contribution is 7.85. The zero-order valence-corrected chi connectivity index (χ0v) is 20.4. The van der Waals surface area contributed by atoms with Gasteiger partial charge in [0, 0.05) is 15.9 Å². The molecule has 0 atom stereocenters. The third-order valence-electron chi connectivity index (χ3n) is 6.98. The molecule has 0 radical (unpaired) electrons. The van der Waals surface area contributed by atoms with E-state index in [-0.39, 0.29) is 11.2 Å². The number of rotatable bonds is 4. The summed E-state index contributed by atoms with van der Waals surface area (Å²) in [4.78, 5) is 0. The molecule has 1 saturated heterocycles. The van der Waals surface area contributed by atoms with E-state index in [1.807, 2.05) is 72.8 Å². The van der Waals surface area contributed by atoms with Crippen molar-refractivity contribution in [2.45, 2.75) is 38.9 Å². The Balaban J connectivity index is 1.58. The van der Waals surface area contributed by atoms with Crippen LogP contribution in [0.4, 0.5) is 0 Å². The first-order chi connectivity index (χ1) is 15.7. The topological polar surface area (TPSA) is 35.5 Å². The summed E-state index contributed by atoms with van der Waals surface area (Å²) in [6, 6.07) is 31.9. The molecule has 4 aromatic rings. The molecule has 0 amide bonds. The molecule has 1 fully saturated rings. The molecule has 0 unspecified atom stereocenters. The van der Waals surface area contributed by atoms with Gasteiger partial charge in [-0.2, -0.15) is 0 Å². The summed E-state index contributed by atoms with van der Waals surface area (Å²) >= 11 is 0. The van der Waals surface area contributed by atoms with Crippen LogP contribution in [0.15, 0.2) is 97.1 Å². The summed E-state index contributed by atoms with van der Waals surface area (Å²) in [7, 11) is -3.40. The normalized spacial score (nSPS) is 17.4. The van der Waals surface area contributed by atoms with E-state index >= 15 is 0 Å². The van der Waals surface area contributed by atoms with Crippen molar-refractivity contribution in [3.05, 3.63) is 97.1 Å². The van der Waals surface area contributed by atoms with Crippen molar-refractivity contribution in [3.63, 3.8) is 0 Å². The predicted molar refractivity (Wildman–Crippen MR) is 139 cm³/mol. The van der Waals surface area contributed by atoms with Gasteiger partial charge in [0.05, 0.1) is 11.2 Å². The Bertz CT molecular complexity index is 1290. The fourth-order valence-electron chi connectivity index (χ4n) is 4.30. The van der Waals surface area contributed by atoms with Gasteiger partial charge in [-0.1, -0.05) is 91.0 Å². The Morgan fingerprint density at radius 1 is 0.606 bits per heavy atom. The van der Waals surface area contributed by atoms with Crippen molar-refractivity contribution < 1.29 is 13.9 Å². The third kappa shape index (κ3) is 3.77. The molecule has 4 aromatic carbocycles. The van der Waals surface area contributed by atoms with E-state index in [0.29, 0.717) is 0 Å². The first-order valence-electron chi connectivity index (χ1n) is 11.3. The van der Waals surface area contributed by atoms with Crippen LogP contribution in [0.2, 0.25) is 0 Å². The van der Waals surface area contributed by atoms with Crippen molar-refractivity contribution in [1.29, 1.82) is 0 Å². The highest BCUT2D eigenvalue weighted by Crippen LogP contribution is 2.43. The number of benzene rings is 4. The summed E-state index contributed by atoms with van der Waals surface area (Å²) in [6.07, 6.45) is 0. The number of hydrogen-bond acceptors (Lipinski definition) is 3. The average Bonchev–Trinajstić information content (AvgIpc) is 3.05. The standard InChI is InChI=1S/C28H28BO3P/c1-27(2)28(3,4)32-29(31-27)23-17-15-22-20-26(18-16-21(22)19-23)33(30,24-11-7-5-8-12-24)25-13-9-6-10-14-25/h5-20H,1-4H3. The number of hydrogen-bond donors (Lipinski definition) is 0. The molecule has 1 aliphatic heterocycles. The predicted octanol–water partition coefficient (Wildman–Crippen LogP) is 4.78. The van der Waals surface area contributed by atoms with Crippen molar-refractivity contribution in [3.8, 4) is 0 Å². The fourth-order valence-corrected chi connectivity index (χ4v) is 6.98. The van der Waals surface area contributed by atoms with Crippen molar-refractivity contribution in [2.24, 2.45) is 0 Å². The highest BCUT2D eigenvalue weighted by Gasteiger charge is 2.51. The van der Waals surface area contributed by atoms with Crippen LogP contribution >= 0.6 is 7.14 Å². The maximum absolute atomic E-state index is 14.6. The van der Waals surface area contributed by atoms with Crippen LogP contribution in [0.25, 0.3) is 10.8 Å². The first-order valence-corrected chi connectivity index (χ1v) is 13.0. The Labute approximate surface area is 196 Å². The van der Waals surface area contributed by atoms with Gasteiger partial charge in [-0.05, 0) is 50.0 Å². The van der Waals surface area contributed by atoms with E-state index in [1.54, 1.807) is 0 Å². The Morgan fingerprint density at radius 3 is 1.64 bits per heavy atom. The quantitative estimate of drug-likeness (QED) is 0.329.